The highest BCUT2D eigenvalue weighted by molar-refractivity contribution is 5.87. The number of carbonyl (C=O) groups is 1. The van der Waals surface area contributed by atoms with E-state index in [1.807, 2.05) is 6.92 Å². The number of nitrogens with zero attached hydrogens (tertiary/aromatic N) is 1. The Morgan fingerprint density at radius 1 is 1.31 bits per heavy atom. The molecule has 0 aromatic rings. The van der Waals surface area contributed by atoms with Crippen molar-refractivity contribution in [1.82, 2.24) is 4.90 Å². The molecule has 0 saturated heterocycles. The van der Waals surface area contributed by atoms with Gasteiger partial charge in [-0.1, -0.05) is 25.2 Å². The molecular formula is C13H22FNO. The molecule has 0 atom stereocenters. The summed E-state index contributed by atoms with van der Waals surface area (Å²) < 4.78 is 12.1. The minimum absolute atomic E-state index is 0.0270. The molecule has 3 heteroatoms. The fourth-order valence-electron chi connectivity index (χ4n) is 1.35. The van der Waals surface area contributed by atoms with Crippen molar-refractivity contribution in [1.29, 1.82) is 0 Å². The number of carbonyl (C=O) groups excluding carboxylic acids is 1. The molecule has 2 nitrogen and oxygen atoms in total. The summed E-state index contributed by atoms with van der Waals surface area (Å²) >= 11 is 0. The largest absolute Gasteiger partial charge is 0.339 e. The molecule has 0 spiro atoms. The summed E-state index contributed by atoms with van der Waals surface area (Å²) in [5.41, 5.74) is 0. The number of hydrogen-bond donors (Lipinski definition) is 0. The average molecular weight is 227 g/mol. The summed E-state index contributed by atoms with van der Waals surface area (Å²) in [5.74, 6) is -0.0270. The van der Waals surface area contributed by atoms with E-state index in [-0.39, 0.29) is 12.6 Å². The fraction of sp³-hybridized carbons (Fsp3) is 0.615. The van der Waals surface area contributed by atoms with Crippen molar-refractivity contribution in [3.05, 3.63) is 24.3 Å². The van der Waals surface area contributed by atoms with Gasteiger partial charge in [0, 0.05) is 13.1 Å². The molecule has 0 N–H and O–H groups in total. The second-order valence-electron chi connectivity index (χ2n) is 3.54. The van der Waals surface area contributed by atoms with Crippen LogP contribution in [0.25, 0.3) is 0 Å². The van der Waals surface area contributed by atoms with E-state index in [0.29, 0.717) is 19.5 Å². The molecule has 0 aliphatic carbocycles. The number of halogens is 1. The van der Waals surface area contributed by atoms with E-state index in [9.17, 15) is 9.18 Å². The van der Waals surface area contributed by atoms with E-state index >= 15 is 0 Å². The maximum Gasteiger partial charge on any atom is 0.246 e. The third kappa shape index (κ3) is 7.21. The number of amides is 1. The Hall–Kier alpha value is -1.12. The maximum atomic E-state index is 12.1. The van der Waals surface area contributed by atoms with Gasteiger partial charge in [0.05, 0.1) is 6.67 Å². The van der Waals surface area contributed by atoms with Gasteiger partial charge in [-0.2, -0.15) is 0 Å². The standard InChI is InChI=1S/C13H22FNO/c1-3-5-6-7-11-15(12-8-10-14)13(16)9-4-2/h4-6,9H,3,7-8,10-12H2,1-2H3/b6-5-,9-4+. The molecule has 0 unspecified atom stereocenters. The summed E-state index contributed by atoms with van der Waals surface area (Å²) in [6.07, 6.45) is 9.64. The predicted molar refractivity (Wildman–Crippen MR) is 66.0 cm³/mol. The molecule has 0 saturated carbocycles. The van der Waals surface area contributed by atoms with Gasteiger partial charge in [0.25, 0.3) is 0 Å². The van der Waals surface area contributed by atoms with Crippen molar-refractivity contribution in [3.63, 3.8) is 0 Å². The molecule has 0 aromatic heterocycles. The van der Waals surface area contributed by atoms with Gasteiger partial charge in [-0.05, 0) is 32.3 Å². The summed E-state index contributed by atoms with van der Waals surface area (Å²) in [4.78, 5) is 13.3. The Morgan fingerprint density at radius 3 is 2.62 bits per heavy atom. The molecule has 1 amide bonds. The van der Waals surface area contributed by atoms with Gasteiger partial charge in [-0.15, -0.1) is 0 Å². The van der Waals surface area contributed by atoms with Crippen LogP contribution in [0, 0.1) is 0 Å². The van der Waals surface area contributed by atoms with Crippen molar-refractivity contribution in [2.75, 3.05) is 19.8 Å². The van der Waals surface area contributed by atoms with Crippen LogP contribution < -0.4 is 0 Å². The van der Waals surface area contributed by atoms with Crippen molar-refractivity contribution in [2.24, 2.45) is 0 Å². The zero-order valence-corrected chi connectivity index (χ0v) is 10.3. The predicted octanol–water partition coefficient (Wildman–Crippen LogP) is 3.11. The van der Waals surface area contributed by atoms with E-state index in [1.54, 1.807) is 11.0 Å². The Morgan fingerprint density at radius 2 is 2.06 bits per heavy atom. The second kappa shape index (κ2) is 10.4. The second-order valence-corrected chi connectivity index (χ2v) is 3.54. The van der Waals surface area contributed by atoms with Crippen molar-refractivity contribution in [3.8, 4) is 0 Å². The van der Waals surface area contributed by atoms with Crippen molar-refractivity contribution in [2.45, 2.75) is 33.1 Å². The zero-order valence-electron chi connectivity index (χ0n) is 10.3. The van der Waals surface area contributed by atoms with Crippen molar-refractivity contribution < 1.29 is 9.18 Å². The van der Waals surface area contributed by atoms with E-state index in [0.717, 1.165) is 12.8 Å². The van der Waals surface area contributed by atoms with Crippen LogP contribution in [0.5, 0.6) is 0 Å². The highest BCUT2D eigenvalue weighted by atomic mass is 19.1. The first kappa shape index (κ1) is 14.9. The van der Waals surface area contributed by atoms with Gasteiger partial charge >= 0.3 is 0 Å². The van der Waals surface area contributed by atoms with Crippen LogP contribution in [0.15, 0.2) is 24.3 Å². The number of hydrogen-bond acceptors (Lipinski definition) is 1. The molecular weight excluding hydrogens is 205 g/mol. The Labute approximate surface area is 97.8 Å². The number of alkyl halides is 1. The van der Waals surface area contributed by atoms with Gasteiger partial charge in [0.1, 0.15) is 0 Å². The summed E-state index contributed by atoms with van der Waals surface area (Å²) in [7, 11) is 0. The minimum Gasteiger partial charge on any atom is -0.339 e. The van der Waals surface area contributed by atoms with E-state index < -0.39 is 0 Å². The van der Waals surface area contributed by atoms with E-state index in [1.165, 1.54) is 6.08 Å². The third-order valence-electron chi connectivity index (χ3n) is 2.15. The topological polar surface area (TPSA) is 20.3 Å². The molecule has 0 bridgehead atoms. The Bertz CT molecular complexity index is 236. The lowest BCUT2D eigenvalue weighted by Crippen LogP contribution is -2.31. The molecule has 0 radical (unpaired) electrons. The maximum absolute atomic E-state index is 12.1. The molecule has 0 aromatic carbocycles. The molecule has 0 aliphatic rings. The van der Waals surface area contributed by atoms with E-state index in [2.05, 4.69) is 19.1 Å². The monoisotopic (exact) mass is 227 g/mol. The van der Waals surface area contributed by atoms with Crippen LogP contribution in [-0.4, -0.2) is 30.6 Å². The van der Waals surface area contributed by atoms with Crippen LogP contribution in [-0.2, 0) is 4.79 Å². The van der Waals surface area contributed by atoms with Gasteiger partial charge in [0.2, 0.25) is 5.91 Å². The molecule has 0 aliphatic heterocycles. The van der Waals surface area contributed by atoms with Crippen LogP contribution in [0.3, 0.4) is 0 Å². The quantitative estimate of drug-likeness (QED) is 0.461. The first-order valence-corrected chi connectivity index (χ1v) is 5.88. The SMILES string of the molecule is C/C=C/C(=O)N(CC/C=C\CC)CCCF. The smallest absolute Gasteiger partial charge is 0.246 e. The fourth-order valence-corrected chi connectivity index (χ4v) is 1.35. The number of rotatable bonds is 8. The molecule has 16 heavy (non-hydrogen) atoms. The highest BCUT2D eigenvalue weighted by Crippen LogP contribution is 1.99. The van der Waals surface area contributed by atoms with E-state index in [4.69, 9.17) is 0 Å². The number of allylic oxidation sites excluding steroid dienone is 2. The minimum atomic E-state index is -0.371. The van der Waals surface area contributed by atoms with Gasteiger partial charge < -0.3 is 4.90 Å². The van der Waals surface area contributed by atoms with Crippen LogP contribution in [0.2, 0.25) is 0 Å². The molecule has 0 heterocycles. The summed E-state index contributed by atoms with van der Waals surface area (Å²) in [6.45, 7) is 4.67. The summed E-state index contributed by atoms with van der Waals surface area (Å²) in [5, 5.41) is 0. The highest BCUT2D eigenvalue weighted by Gasteiger charge is 2.08. The normalized spacial score (nSPS) is 11.4. The Kier molecular flexibility index (Phi) is 9.67. The third-order valence-corrected chi connectivity index (χ3v) is 2.15. The van der Waals surface area contributed by atoms with Crippen LogP contribution in [0.1, 0.15) is 33.1 Å². The van der Waals surface area contributed by atoms with Crippen LogP contribution in [0.4, 0.5) is 4.39 Å². The van der Waals surface area contributed by atoms with Crippen molar-refractivity contribution >= 4 is 5.91 Å². The lowest BCUT2D eigenvalue weighted by Gasteiger charge is -2.19. The molecule has 0 rings (SSSR count). The lowest BCUT2D eigenvalue weighted by atomic mass is 10.3. The van der Waals surface area contributed by atoms with Gasteiger partial charge in [-0.3, -0.25) is 9.18 Å². The van der Waals surface area contributed by atoms with Crippen LogP contribution >= 0.6 is 0 Å². The van der Waals surface area contributed by atoms with Gasteiger partial charge in [0.15, 0.2) is 0 Å². The summed E-state index contributed by atoms with van der Waals surface area (Å²) in [6, 6.07) is 0. The lowest BCUT2D eigenvalue weighted by molar-refractivity contribution is -0.126. The average Bonchev–Trinajstić information content (AvgIpc) is 2.28. The molecule has 92 valence electrons. The Balaban J connectivity index is 4.09. The first-order valence-electron chi connectivity index (χ1n) is 5.88. The van der Waals surface area contributed by atoms with Gasteiger partial charge in [-0.25, -0.2) is 0 Å². The molecule has 0 fully saturated rings. The zero-order chi connectivity index (χ0) is 12.2. The first-order chi connectivity index (χ1) is 7.76.